The van der Waals surface area contributed by atoms with Gasteiger partial charge < -0.3 is 35.3 Å². The van der Waals surface area contributed by atoms with Gasteiger partial charge in [-0.25, -0.2) is 26.8 Å². The molecule has 3 amide bonds. The fourth-order valence-corrected chi connectivity index (χ4v) is 7.61. The van der Waals surface area contributed by atoms with E-state index in [1.54, 1.807) is 0 Å². The van der Waals surface area contributed by atoms with E-state index in [1.165, 1.54) is 42.3 Å². The van der Waals surface area contributed by atoms with E-state index in [-0.39, 0.29) is 51.7 Å². The molecular weight excluding hydrogens is 670 g/mol. The first-order chi connectivity index (χ1) is 23.2. The second-order valence-electron chi connectivity index (χ2n) is 11.3. The summed E-state index contributed by atoms with van der Waals surface area (Å²) < 4.78 is 71.9. The molecule has 5 N–H and O–H groups in total. The van der Waals surface area contributed by atoms with E-state index in [9.17, 15) is 37.1 Å². The molecule has 0 spiro atoms. The number of primary amides is 1. The van der Waals surface area contributed by atoms with Crippen molar-refractivity contribution >= 4 is 45.3 Å². The molecule has 17 heteroatoms. The van der Waals surface area contributed by atoms with Crippen LogP contribution in [0.4, 0.5) is 29.7 Å². The van der Waals surface area contributed by atoms with Crippen LogP contribution in [0.15, 0.2) is 59.5 Å². The van der Waals surface area contributed by atoms with Gasteiger partial charge in [0, 0.05) is 24.2 Å². The predicted octanol–water partition coefficient (Wildman–Crippen LogP) is 4.38. The highest BCUT2D eigenvalue weighted by atomic mass is 32.2. The lowest BCUT2D eigenvalue weighted by Gasteiger charge is -2.33. The number of hydrogen-bond donors (Lipinski definition) is 4. The fraction of sp³-hybridized carbons (Fsp3) is 0.312. The van der Waals surface area contributed by atoms with Gasteiger partial charge in [0.2, 0.25) is 11.8 Å². The SMILES string of the molecule is COC(=O)Nc1ccc(S(=O)(=O)C2CC2)c([C@@H]2[C@H](OC(=O)O)CCN2C(=O)[C@H](Nc2cc(C(N)=O)ccc2F)c2ccc(F)c(OC)c2)c1. The third kappa shape index (κ3) is 7.35. The van der Waals surface area contributed by atoms with Crippen LogP contribution in [0.3, 0.4) is 0 Å². The quantitative estimate of drug-likeness (QED) is 0.207. The smallest absolute Gasteiger partial charge is 0.494 e. The predicted molar refractivity (Wildman–Crippen MR) is 169 cm³/mol. The summed E-state index contributed by atoms with van der Waals surface area (Å²) >= 11 is 0. The Morgan fingerprint density at radius 2 is 1.69 bits per heavy atom. The Morgan fingerprint density at radius 1 is 0.980 bits per heavy atom. The van der Waals surface area contributed by atoms with Crippen LogP contribution in [0.1, 0.15) is 52.8 Å². The number of likely N-dealkylation sites (tertiary alicyclic amines) is 1. The van der Waals surface area contributed by atoms with Crippen LogP contribution in [0.5, 0.6) is 5.75 Å². The average molecular weight is 703 g/mol. The highest BCUT2D eigenvalue weighted by Gasteiger charge is 2.47. The van der Waals surface area contributed by atoms with Crippen molar-refractivity contribution in [2.45, 2.75) is 47.6 Å². The number of carbonyl (C=O) groups is 4. The molecule has 260 valence electrons. The van der Waals surface area contributed by atoms with E-state index in [0.717, 1.165) is 31.4 Å². The molecule has 1 saturated heterocycles. The highest BCUT2D eigenvalue weighted by molar-refractivity contribution is 7.92. The topological polar surface area (TPSA) is 204 Å². The minimum Gasteiger partial charge on any atom is -0.494 e. The van der Waals surface area contributed by atoms with Gasteiger partial charge in [0.25, 0.3) is 0 Å². The van der Waals surface area contributed by atoms with Gasteiger partial charge in [-0.3, -0.25) is 14.9 Å². The molecule has 0 unspecified atom stereocenters. The van der Waals surface area contributed by atoms with Gasteiger partial charge in [-0.05, 0) is 72.5 Å². The first kappa shape index (κ1) is 34.9. The zero-order valence-electron chi connectivity index (χ0n) is 26.1. The molecule has 0 radical (unpaired) electrons. The minimum absolute atomic E-state index is 0.0461. The maximum absolute atomic E-state index is 15.1. The minimum atomic E-state index is -3.99. The van der Waals surface area contributed by atoms with Crippen LogP contribution in [-0.4, -0.2) is 74.6 Å². The molecule has 2 fully saturated rings. The van der Waals surface area contributed by atoms with Gasteiger partial charge in [0.1, 0.15) is 18.0 Å². The molecule has 0 bridgehead atoms. The summed E-state index contributed by atoms with van der Waals surface area (Å²) in [7, 11) is -1.67. The van der Waals surface area contributed by atoms with Crippen LogP contribution in [0.2, 0.25) is 0 Å². The molecule has 1 saturated carbocycles. The molecular formula is C32H32F2N4O10S. The first-order valence-corrected chi connectivity index (χ1v) is 16.4. The van der Waals surface area contributed by atoms with Crippen molar-refractivity contribution in [3.8, 4) is 5.75 Å². The summed E-state index contributed by atoms with van der Waals surface area (Å²) in [6.07, 6.45) is -3.16. The number of sulfone groups is 1. The number of benzene rings is 3. The Balaban J connectivity index is 1.67. The van der Waals surface area contributed by atoms with Crippen molar-refractivity contribution in [3.05, 3.63) is 82.9 Å². The number of carbonyl (C=O) groups excluding carboxylic acids is 3. The van der Waals surface area contributed by atoms with Crippen LogP contribution in [0, 0.1) is 11.6 Å². The number of methoxy groups -OCH3 is 2. The van der Waals surface area contributed by atoms with Crippen molar-refractivity contribution < 1.29 is 55.7 Å². The Hall–Kier alpha value is -5.45. The summed E-state index contributed by atoms with van der Waals surface area (Å²) in [5.74, 6) is -3.61. The summed E-state index contributed by atoms with van der Waals surface area (Å²) in [5.41, 5.74) is 5.07. The number of hydrogen-bond acceptors (Lipinski definition) is 10. The molecule has 2 aliphatic rings. The number of anilines is 2. The maximum atomic E-state index is 15.1. The van der Waals surface area contributed by atoms with Gasteiger partial charge in [0.05, 0.1) is 36.1 Å². The number of nitrogens with two attached hydrogens (primary N) is 1. The normalized spacial score (nSPS) is 17.9. The Labute approximate surface area is 279 Å². The molecule has 1 aliphatic carbocycles. The largest absolute Gasteiger partial charge is 0.506 e. The number of nitrogens with zero attached hydrogens (tertiary/aromatic N) is 1. The van der Waals surface area contributed by atoms with Crippen molar-refractivity contribution in [1.82, 2.24) is 4.90 Å². The number of nitrogens with one attached hydrogen (secondary N) is 2. The Morgan fingerprint density at radius 3 is 2.33 bits per heavy atom. The summed E-state index contributed by atoms with van der Waals surface area (Å²) in [6, 6.07) is 7.58. The monoisotopic (exact) mass is 702 g/mol. The lowest BCUT2D eigenvalue weighted by molar-refractivity contribution is -0.134. The first-order valence-electron chi connectivity index (χ1n) is 14.9. The Bertz CT molecular complexity index is 1920. The fourth-order valence-electron chi connectivity index (χ4n) is 5.73. The number of ether oxygens (including phenoxy) is 3. The van der Waals surface area contributed by atoms with Crippen molar-refractivity contribution in [3.63, 3.8) is 0 Å². The number of halogens is 2. The summed E-state index contributed by atoms with van der Waals surface area (Å²) in [4.78, 5) is 51.4. The molecule has 3 aromatic carbocycles. The number of carboxylic acid groups (broad SMARTS) is 1. The highest BCUT2D eigenvalue weighted by Crippen LogP contribution is 2.44. The van der Waals surface area contributed by atoms with Crippen LogP contribution in [0.25, 0.3) is 0 Å². The second kappa shape index (κ2) is 14.0. The lowest BCUT2D eigenvalue weighted by atomic mass is 9.99. The van der Waals surface area contributed by atoms with Crippen LogP contribution >= 0.6 is 0 Å². The van der Waals surface area contributed by atoms with Gasteiger partial charge >= 0.3 is 12.2 Å². The third-order valence-corrected chi connectivity index (χ3v) is 10.5. The summed E-state index contributed by atoms with van der Waals surface area (Å²) in [5, 5.41) is 14.1. The average Bonchev–Trinajstić information content (AvgIpc) is 3.85. The van der Waals surface area contributed by atoms with E-state index in [4.69, 9.17) is 15.2 Å². The standard InChI is InChI=1S/C32H32F2N4O10S/c1-46-25-14-16(3-9-22(25)34)27(37-23-13-17(29(35)39)4-8-21(23)33)30(40)38-12-11-24(48-32(42)43)28(38)20-15-18(36-31(41)47-2)5-10-26(20)49(44,45)19-6-7-19/h3-5,8-10,13-15,19,24,27-28,37H,6-7,11-12H2,1-2H3,(H2,35,39)(H,36,41)(H,42,43)/t24-,27-,28-/m1/s1. The molecule has 14 nitrogen and oxygen atoms in total. The number of amides is 3. The van der Waals surface area contributed by atoms with Gasteiger partial charge in [0.15, 0.2) is 21.4 Å². The van der Waals surface area contributed by atoms with E-state index in [1.807, 2.05) is 0 Å². The second-order valence-corrected chi connectivity index (χ2v) is 13.5. The zero-order valence-corrected chi connectivity index (χ0v) is 27.0. The van der Waals surface area contributed by atoms with Gasteiger partial charge in [-0.2, -0.15) is 0 Å². The molecule has 0 aromatic heterocycles. The molecule has 3 aromatic rings. The van der Waals surface area contributed by atoms with E-state index in [0.29, 0.717) is 12.8 Å². The number of rotatable bonds is 11. The van der Waals surface area contributed by atoms with Gasteiger partial charge in [-0.15, -0.1) is 0 Å². The zero-order chi connectivity index (χ0) is 35.6. The van der Waals surface area contributed by atoms with Crippen LogP contribution < -0.4 is 21.1 Å². The molecule has 3 atom stereocenters. The third-order valence-electron chi connectivity index (χ3n) is 8.21. The summed E-state index contributed by atoms with van der Waals surface area (Å²) in [6.45, 7) is -0.167. The molecule has 1 aliphatic heterocycles. The van der Waals surface area contributed by atoms with E-state index < -0.39 is 69.0 Å². The Kier molecular flexibility index (Phi) is 9.93. The van der Waals surface area contributed by atoms with Crippen molar-refractivity contribution in [1.29, 1.82) is 0 Å². The van der Waals surface area contributed by atoms with Crippen molar-refractivity contribution in [2.24, 2.45) is 5.73 Å². The maximum Gasteiger partial charge on any atom is 0.506 e. The molecule has 1 heterocycles. The van der Waals surface area contributed by atoms with Crippen molar-refractivity contribution in [2.75, 3.05) is 31.4 Å². The van der Waals surface area contributed by atoms with Gasteiger partial charge in [-0.1, -0.05) is 6.07 Å². The molecule has 49 heavy (non-hydrogen) atoms. The van der Waals surface area contributed by atoms with Crippen LogP contribution in [-0.2, 0) is 24.1 Å². The van der Waals surface area contributed by atoms with E-state index in [2.05, 4.69) is 15.4 Å². The molecule has 5 rings (SSSR count). The lowest BCUT2D eigenvalue weighted by Crippen LogP contribution is -2.40. The van der Waals surface area contributed by atoms with E-state index >= 15 is 4.39 Å².